The largest absolute Gasteiger partial charge is 2.00 e. The average molecular weight is 700 g/mol. The molecule has 0 saturated carbocycles. The van der Waals surface area contributed by atoms with Crippen LogP contribution in [-0.4, -0.2) is 21.3 Å². The number of phenols is 2. The van der Waals surface area contributed by atoms with Gasteiger partial charge in [-0.15, -0.1) is 11.1 Å². The van der Waals surface area contributed by atoms with Gasteiger partial charge < -0.3 is 20.8 Å². The van der Waals surface area contributed by atoms with Gasteiger partial charge in [-0.3, -0.25) is 0 Å². The first-order valence-electron chi connectivity index (χ1n) is 16.1. The second-order valence-electron chi connectivity index (χ2n) is 18.1. The molecule has 2 N–H and O–H groups in total. The predicted molar refractivity (Wildman–Crippen MR) is 196 cm³/mol. The molecule has 0 bridgehead atoms. The van der Waals surface area contributed by atoms with Crippen molar-refractivity contribution in [3.05, 3.63) is 80.7 Å². The summed E-state index contributed by atoms with van der Waals surface area (Å²) < 4.78 is 0. The summed E-state index contributed by atoms with van der Waals surface area (Å²) in [5.41, 5.74) is 6.10. The van der Waals surface area contributed by atoms with Crippen molar-refractivity contribution in [1.82, 2.24) is 0 Å². The first-order chi connectivity index (χ1) is 19.3. The molecule has 5 heteroatoms. The smallest absolute Gasteiger partial charge is 0.685 e. The Hall–Kier alpha value is -1.74. The Labute approximate surface area is 298 Å². The summed E-state index contributed by atoms with van der Waals surface area (Å²) in [7, 11) is 0. The van der Waals surface area contributed by atoms with E-state index in [1.807, 2.05) is 50.2 Å². The van der Waals surface area contributed by atoms with Crippen LogP contribution in [0.15, 0.2) is 47.8 Å². The first kappa shape index (κ1) is 45.4. The summed E-state index contributed by atoms with van der Waals surface area (Å²) in [6.45, 7) is 42.1. The number of aromatic hydroxyl groups is 2. The Morgan fingerprint density at radius 1 is 0.422 bits per heavy atom. The molecule has 0 fully saturated rings. The van der Waals surface area contributed by atoms with E-state index in [0.717, 1.165) is 33.6 Å². The minimum Gasteiger partial charge on any atom is -0.685 e. The zero-order valence-corrected chi connectivity index (χ0v) is 35.2. The number of hydrogen-bond donors (Lipinski definition) is 2. The fourth-order valence-corrected chi connectivity index (χ4v) is 4.68. The van der Waals surface area contributed by atoms with E-state index in [1.54, 1.807) is 0 Å². The van der Waals surface area contributed by atoms with Gasteiger partial charge in [0.15, 0.2) is 0 Å². The topological polar surface area (TPSA) is 68.7 Å². The maximum absolute atomic E-state index is 10.3. The molecule has 0 heterocycles. The van der Waals surface area contributed by atoms with E-state index in [2.05, 4.69) is 135 Å². The van der Waals surface area contributed by atoms with Gasteiger partial charge in [0.1, 0.15) is 11.5 Å². The van der Waals surface area contributed by atoms with Crippen molar-refractivity contribution in [1.29, 1.82) is 0 Å². The van der Waals surface area contributed by atoms with E-state index in [4.69, 9.17) is 0 Å². The number of rotatable bonds is 2. The summed E-state index contributed by atoms with van der Waals surface area (Å²) in [6, 6.07) is 12.1. The summed E-state index contributed by atoms with van der Waals surface area (Å²) in [4.78, 5) is 0. The molecule has 4 nitrogen and oxygen atoms in total. The number of nitrogens with zero attached hydrogens (tertiary/aromatic N) is 2. The molecule has 0 saturated heterocycles. The van der Waals surface area contributed by atoms with Crippen LogP contribution < -0.4 is 0 Å². The molecule has 2 aromatic carbocycles. The van der Waals surface area contributed by atoms with Gasteiger partial charge >= 0.3 is 26.2 Å². The molecular formula is C40H68N2O2Zr. The Bertz CT molecular complexity index is 1070. The van der Waals surface area contributed by atoms with Gasteiger partial charge in [0.25, 0.3) is 0 Å². The zero-order valence-electron chi connectivity index (χ0n) is 32.8. The quantitative estimate of drug-likeness (QED) is 0.328. The minimum atomic E-state index is -0.0151. The second-order valence-corrected chi connectivity index (χ2v) is 18.1. The molecule has 0 aliphatic carbocycles. The summed E-state index contributed by atoms with van der Waals surface area (Å²) in [6.07, 6.45) is 0. The number of phenolic OH excluding ortho intramolecular Hbond substituents is 2. The van der Waals surface area contributed by atoms with Gasteiger partial charge in [-0.05, 0) is 43.9 Å². The molecular weight excluding hydrogens is 632 g/mol. The molecule has 0 amide bonds. The average Bonchev–Trinajstić information content (AvgIpc) is 2.74. The molecule has 2 aromatic rings. The van der Waals surface area contributed by atoms with E-state index in [9.17, 15) is 10.2 Å². The van der Waals surface area contributed by atoms with Gasteiger partial charge in [0.05, 0.1) is 0 Å². The van der Waals surface area contributed by atoms with Crippen LogP contribution in [-0.2, 0) is 47.9 Å². The van der Waals surface area contributed by atoms with Gasteiger partial charge in [0.2, 0.25) is 0 Å². The van der Waals surface area contributed by atoms with E-state index in [0.29, 0.717) is 11.5 Å². The summed E-state index contributed by atoms with van der Waals surface area (Å²) in [5, 5.41) is 29.7. The maximum atomic E-state index is 10.3. The van der Waals surface area contributed by atoms with Crippen LogP contribution in [0.1, 0.15) is 161 Å². The molecule has 0 aliphatic heterocycles. The van der Waals surface area contributed by atoms with Gasteiger partial charge in [-0.1, -0.05) is 175 Å². The zero-order chi connectivity index (χ0) is 35.3. The minimum absolute atomic E-state index is 0. The van der Waals surface area contributed by atoms with E-state index < -0.39 is 0 Å². The van der Waals surface area contributed by atoms with Crippen LogP contribution in [0.2, 0.25) is 0 Å². The molecule has 2 rings (SSSR count). The van der Waals surface area contributed by atoms with Crippen LogP contribution >= 0.6 is 0 Å². The fourth-order valence-electron chi connectivity index (χ4n) is 4.68. The number of para-hydroxylation sites is 2. The molecule has 0 spiro atoms. The van der Waals surface area contributed by atoms with Gasteiger partial charge in [-0.2, -0.15) is 11.4 Å². The molecule has 0 unspecified atom stereocenters. The van der Waals surface area contributed by atoms with Gasteiger partial charge in [0, 0.05) is 0 Å². The predicted octanol–water partition coefficient (Wildman–Crippen LogP) is 12.6. The van der Waals surface area contributed by atoms with E-state index in [-0.39, 0.29) is 58.9 Å². The van der Waals surface area contributed by atoms with Crippen LogP contribution in [0.5, 0.6) is 11.5 Å². The normalized spacial score (nSPS) is 13.2. The van der Waals surface area contributed by atoms with Gasteiger partial charge in [-0.25, -0.2) is 0 Å². The third kappa shape index (κ3) is 16.6. The summed E-state index contributed by atoms with van der Waals surface area (Å²) in [5.74, 6) is 0.912. The van der Waals surface area contributed by atoms with E-state index in [1.165, 1.54) is 0 Å². The van der Waals surface area contributed by atoms with Crippen LogP contribution in [0.25, 0.3) is 10.6 Å². The van der Waals surface area contributed by atoms with Crippen LogP contribution in [0.3, 0.4) is 0 Å². The van der Waals surface area contributed by atoms with Crippen molar-refractivity contribution in [2.45, 2.75) is 171 Å². The van der Waals surface area contributed by atoms with Crippen LogP contribution in [0.4, 0.5) is 0 Å². The second kappa shape index (κ2) is 16.4. The Balaban J connectivity index is 0. The number of hydrogen-bond acceptors (Lipinski definition) is 2. The third-order valence-corrected chi connectivity index (χ3v) is 6.83. The standard InChI is InChI=1S/2C14H22O.C12H24N2.Zr/c2*1-13(2,3)10-8-7-9-11(12(10)15)14(4,5)6;1-9(13-11(3,4)5)10(2)14-12(6,7)8;/h2*7-9,15H,1-6H3;1-8H3;/q;;-2;+2/b;;10-9-;. The van der Waals surface area contributed by atoms with Crippen molar-refractivity contribution in [2.24, 2.45) is 0 Å². The molecule has 0 atom stereocenters. The Morgan fingerprint density at radius 2 is 0.600 bits per heavy atom. The van der Waals surface area contributed by atoms with Crippen molar-refractivity contribution >= 4 is 0 Å². The molecule has 0 aliphatic rings. The maximum Gasteiger partial charge on any atom is 2.00 e. The molecule has 0 radical (unpaired) electrons. The first-order valence-corrected chi connectivity index (χ1v) is 16.1. The number of benzene rings is 2. The molecule has 0 aromatic heterocycles. The van der Waals surface area contributed by atoms with Crippen LogP contribution in [0, 0.1) is 0 Å². The SMILES string of the molecule is C/C([N-]C(C)(C)C)=C(\C)[N-]C(C)(C)C.CC(C)(C)c1cccc(C(C)(C)C)c1O.CC(C)(C)c1cccc(C(C)(C)C)c1O.[Zr+2]. The van der Waals surface area contributed by atoms with E-state index >= 15 is 0 Å². The number of allylic oxidation sites excluding steroid dienone is 2. The Morgan fingerprint density at radius 3 is 0.733 bits per heavy atom. The third-order valence-electron chi connectivity index (χ3n) is 6.83. The van der Waals surface area contributed by atoms with Crippen molar-refractivity contribution < 1.29 is 36.4 Å². The monoisotopic (exact) mass is 698 g/mol. The van der Waals surface area contributed by atoms with Crippen molar-refractivity contribution in [3.63, 3.8) is 0 Å². The molecule has 45 heavy (non-hydrogen) atoms. The fraction of sp³-hybridized carbons (Fsp3) is 0.650. The van der Waals surface area contributed by atoms with Crippen molar-refractivity contribution in [3.8, 4) is 11.5 Å². The Kier molecular flexibility index (Phi) is 16.5. The van der Waals surface area contributed by atoms with Crippen molar-refractivity contribution in [2.75, 3.05) is 0 Å². The summed E-state index contributed by atoms with van der Waals surface area (Å²) >= 11 is 0. The molecule has 254 valence electrons.